The van der Waals surface area contributed by atoms with E-state index in [1.807, 2.05) is 0 Å². The van der Waals surface area contributed by atoms with Gasteiger partial charge in [0.1, 0.15) is 12.3 Å². The quantitative estimate of drug-likeness (QED) is 0.857. The fraction of sp³-hybridized carbons (Fsp3) is 0.412. The van der Waals surface area contributed by atoms with E-state index in [1.54, 1.807) is 18.2 Å². The predicted molar refractivity (Wildman–Crippen MR) is 89.4 cm³/mol. The SMILES string of the molecule is COc1ccc(Cl)cc1CC(=O)Cn1nc(C(F)(F)F)c2c1CCNC2. The number of alkyl halides is 3. The topological polar surface area (TPSA) is 56.2 Å². The van der Waals surface area contributed by atoms with Gasteiger partial charge in [-0.25, -0.2) is 0 Å². The van der Waals surface area contributed by atoms with Gasteiger partial charge in [-0.3, -0.25) is 9.48 Å². The molecule has 1 aliphatic rings. The second-order valence-electron chi connectivity index (χ2n) is 6.03. The summed E-state index contributed by atoms with van der Waals surface area (Å²) in [4.78, 5) is 12.4. The molecule has 0 amide bonds. The van der Waals surface area contributed by atoms with Gasteiger partial charge in [0.25, 0.3) is 0 Å². The van der Waals surface area contributed by atoms with Crippen molar-refractivity contribution in [2.75, 3.05) is 13.7 Å². The summed E-state index contributed by atoms with van der Waals surface area (Å²) in [6, 6.07) is 4.90. The zero-order valence-electron chi connectivity index (χ0n) is 14.0. The van der Waals surface area contributed by atoms with Crippen LogP contribution in [0.5, 0.6) is 5.75 Å². The van der Waals surface area contributed by atoms with E-state index < -0.39 is 11.9 Å². The monoisotopic (exact) mass is 387 g/mol. The van der Waals surface area contributed by atoms with Crippen LogP contribution in [0.25, 0.3) is 0 Å². The van der Waals surface area contributed by atoms with Gasteiger partial charge in [-0.05, 0) is 18.2 Å². The van der Waals surface area contributed by atoms with Gasteiger partial charge < -0.3 is 10.1 Å². The van der Waals surface area contributed by atoms with Gasteiger partial charge in [-0.1, -0.05) is 11.6 Å². The Bertz CT molecular complexity index is 833. The van der Waals surface area contributed by atoms with Gasteiger partial charge in [0, 0.05) is 47.8 Å². The molecule has 5 nitrogen and oxygen atoms in total. The third-order valence-electron chi connectivity index (χ3n) is 4.23. The van der Waals surface area contributed by atoms with Gasteiger partial charge in [-0.2, -0.15) is 18.3 Å². The molecule has 9 heteroatoms. The zero-order chi connectivity index (χ0) is 18.9. The van der Waals surface area contributed by atoms with Crippen molar-refractivity contribution in [1.82, 2.24) is 15.1 Å². The van der Waals surface area contributed by atoms with Crippen molar-refractivity contribution in [2.45, 2.75) is 32.1 Å². The highest BCUT2D eigenvalue weighted by Gasteiger charge is 2.39. The number of carbonyl (C=O) groups excluding carboxylic acids is 1. The Kier molecular flexibility index (Phi) is 5.24. The first kappa shape index (κ1) is 18.7. The number of rotatable bonds is 5. The Morgan fingerprint density at radius 1 is 1.42 bits per heavy atom. The lowest BCUT2D eigenvalue weighted by atomic mass is 10.1. The normalized spacial score (nSPS) is 14.2. The number of halogens is 4. The van der Waals surface area contributed by atoms with E-state index >= 15 is 0 Å². The Balaban J connectivity index is 1.84. The maximum atomic E-state index is 13.2. The molecule has 140 valence electrons. The molecule has 0 aliphatic carbocycles. The Morgan fingerprint density at radius 3 is 2.88 bits per heavy atom. The molecule has 0 saturated carbocycles. The molecule has 1 aromatic heterocycles. The molecular formula is C17H17ClF3N3O2. The van der Waals surface area contributed by atoms with Crippen LogP contribution < -0.4 is 10.1 Å². The van der Waals surface area contributed by atoms with E-state index in [0.717, 1.165) is 0 Å². The average molecular weight is 388 g/mol. The molecule has 0 unspecified atom stereocenters. The molecule has 1 aliphatic heterocycles. The number of fused-ring (bicyclic) bond motifs is 1. The van der Waals surface area contributed by atoms with Crippen LogP contribution in [0.4, 0.5) is 13.2 Å². The summed E-state index contributed by atoms with van der Waals surface area (Å²) < 4.78 is 46.0. The summed E-state index contributed by atoms with van der Waals surface area (Å²) in [5.74, 6) is 0.230. The summed E-state index contributed by atoms with van der Waals surface area (Å²) >= 11 is 5.95. The highest BCUT2D eigenvalue weighted by Crippen LogP contribution is 2.33. The molecule has 0 atom stereocenters. The number of nitrogens with zero attached hydrogens (tertiary/aromatic N) is 2. The fourth-order valence-electron chi connectivity index (χ4n) is 3.10. The molecule has 0 spiro atoms. The number of ketones is 1. The van der Waals surface area contributed by atoms with Crippen LogP contribution >= 0.6 is 11.6 Å². The second kappa shape index (κ2) is 7.28. The number of benzene rings is 1. The van der Waals surface area contributed by atoms with Crippen molar-refractivity contribution >= 4 is 17.4 Å². The molecule has 0 fully saturated rings. The summed E-state index contributed by atoms with van der Waals surface area (Å²) in [6.45, 7) is 0.418. The molecule has 3 rings (SSSR count). The number of hydrogen-bond acceptors (Lipinski definition) is 4. The predicted octanol–water partition coefficient (Wildman–Crippen LogP) is 3.02. The van der Waals surface area contributed by atoms with Crippen LogP contribution in [0.3, 0.4) is 0 Å². The van der Waals surface area contributed by atoms with Crippen molar-refractivity contribution in [3.05, 3.63) is 45.7 Å². The van der Waals surface area contributed by atoms with Crippen molar-refractivity contribution in [2.24, 2.45) is 0 Å². The smallest absolute Gasteiger partial charge is 0.435 e. The highest BCUT2D eigenvalue weighted by molar-refractivity contribution is 6.30. The van der Waals surface area contributed by atoms with Gasteiger partial charge in [0.05, 0.1) is 7.11 Å². The first-order valence-corrected chi connectivity index (χ1v) is 8.38. The maximum absolute atomic E-state index is 13.2. The van der Waals surface area contributed by atoms with Crippen LogP contribution in [0.1, 0.15) is 22.5 Å². The van der Waals surface area contributed by atoms with Gasteiger partial charge in [0.2, 0.25) is 0 Å². The summed E-state index contributed by atoms with van der Waals surface area (Å²) in [6.07, 6.45) is -4.16. The van der Waals surface area contributed by atoms with E-state index in [1.165, 1.54) is 11.8 Å². The lowest BCUT2D eigenvalue weighted by Gasteiger charge is -2.16. The fourth-order valence-corrected chi connectivity index (χ4v) is 3.29. The van der Waals surface area contributed by atoms with E-state index in [-0.39, 0.29) is 30.9 Å². The first-order valence-electron chi connectivity index (χ1n) is 8.00. The number of nitrogens with one attached hydrogen (secondary N) is 1. The van der Waals surface area contributed by atoms with Gasteiger partial charge >= 0.3 is 6.18 Å². The number of carbonyl (C=O) groups is 1. The van der Waals surface area contributed by atoms with Gasteiger partial charge in [-0.15, -0.1) is 0 Å². The summed E-state index contributed by atoms with van der Waals surface area (Å²) in [5.41, 5.74) is 0.246. The zero-order valence-corrected chi connectivity index (χ0v) is 14.7. The van der Waals surface area contributed by atoms with Crippen LogP contribution in [-0.4, -0.2) is 29.2 Å². The Labute approximate surface area is 153 Å². The lowest BCUT2D eigenvalue weighted by molar-refractivity contribution is -0.142. The number of ether oxygens (including phenoxy) is 1. The van der Waals surface area contributed by atoms with Crippen molar-refractivity contribution in [3.63, 3.8) is 0 Å². The molecule has 0 saturated heterocycles. The van der Waals surface area contributed by atoms with E-state index in [2.05, 4.69) is 10.4 Å². The minimum Gasteiger partial charge on any atom is -0.496 e. The minimum atomic E-state index is -4.55. The maximum Gasteiger partial charge on any atom is 0.435 e. The van der Waals surface area contributed by atoms with Crippen LogP contribution in [0.15, 0.2) is 18.2 Å². The number of hydrogen-bond donors (Lipinski definition) is 1. The number of aromatic nitrogens is 2. The molecule has 2 aromatic rings. The first-order chi connectivity index (χ1) is 12.3. The average Bonchev–Trinajstić information content (AvgIpc) is 2.94. The van der Waals surface area contributed by atoms with Crippen molar-refractivity contribution in [1.29, 1.82) is 0 Å². The molecule has 0 bridgehead atoms. The summed E-state index contributed by atoms with van der Waals surface area (Å²) in [5, 5.41) is 7.04. The van der Waals surface area contributed by atoms with Gasteiger partial charge in [0.15, 0.2) is 11.5 Å². The van der Waals surface area contributed by atoms with E-state index in [4.69, 9.17) is 16.3 Å². The molecule has 1 N–H and O–H groups in total. The largest absolute Gasteiger partial charge is 0.496 e. The molecule has 0 radical (unpaired) electrons. The molecule has 1 aromatic carbocycles. The van der Waals surface area contributed by atoms with Crippen LogP contribution in [0, 0.1) is 0 Å². The minimum absolute atomic E-state index is 0.00202. The third-order valence-corrected chi connectivity index (χ3v) is 4.47. The van der Waals surface area contributed by atoms with Crippen molar-refractivity contribution < 1.29 is 22.7 Å². The Hall–Kier alpha value is -2.06. The molecule has 26 heavy (non-hydrogen) atoms. The number of Topliss-reactive ketones (excluding diaryl/α,β-unsaturated/α-hetero) is 1. The third kappa shape index (κ3) is 3.86. The second-order valence-corrected chi connectivity index (χ2v) is 6.46. The highest BCUT2D eigenvalue weighted by atomic mass is 35.5. The lowest BCUT2D eigenvalue weighted by Crippen LogP contribution is -2.26. The standard InChI is InChI=1S/C17H17ClF3N3O2/c1-26-15-3-2-11(18)6-10(15)7-12(25)9-24-14-4-5-22-8-13(14)16(23-24)17(19,20)21/h2-3,6,22H,4-5,7-9H2,1H3. The van der Waals surface area contributed by atoms with E-state index in [0.29, 0.717) is 35.0 Å². The van der Waals surface area contributed by atoms with Crippen LogP contribution in [-0.2, 0) is 36.9 Å². The van der Waals surface area contributed by atoms with Crippen molar-refractivity contribution in [3.8, 4) is 5.75 Å². The Morgan fingerprint density at radius 2 is 2.19 bits per heavy atom. The van der Waals surface area contributed by atoms with E-state index in [9.17, 15) is 18.0 Å². The molecular weight excluding hydrogens is 371 g/mol. The summed E-state index contributed by atoms with van der Waals surface area (Å²) in [7, 11) is 1.48. The van der Waals surface area contributed by atoms with Crippen LogP contribution in [0.2, 0.25) is 5.02 Å². The molecule has 2 heterocycles. The number of methoxy groups -OCH3 is 1.